The molecule has 4 heteroatoms. The van der Waals surface area contributed by atoms with Gasteiger partial charge in [-0.05, 0) is 27.2 Å². The second kappa shape index (κ2) is 4.97. The Hall–Kier alpha value is -0.900. The minimum atomic E-state index is -0.562. The second-order valence-corrected chi connectivity index (χ2v) is 3.93. The molecule has 0 aliphatic heterocycles. The maximum absolute atomic E-state index is 11.1. The van der Waals surface area contributed by atoms with Gasteiger partial charge in [-0.15, -0.1) is 0 Å². The van der Waals surface area contributed by atoms with Gasteiger partial charge in [0.1, 0.15) is 11.9 Å². The summed E-state index contributed by atoms with van der Waals surface area (Å²) in [6.45, 7) is 5.39. The van der Waals surface area contributed by atoms with Crippen LogP contribution in [0.15, 0.2) is 0 Å². The molecule has 0 saturated carbocycles. The molecule has 4 nitrogen and oxygen atoms in total. The number of aldehydes is 1. The zero-order valence-electron chi connectivity index (χ0n) is 8.37. The molecule has 13 heavy (non-hydrogen) atoms. The third kappa shape index (κ3) is 7.46. The van der Waals surface area contributed by atoms with E-state index in [4.69, 9.17) is 10.5 Å². The molecule has 0 fully saturated rings. The molecule has 0 bridgehead atoms. The first-order valence-corrected chi connectivity index (χ1v) is 4.28. The second-order valence-electron chi connectivity index (χ2n) is 3.93. The fourth-order valence-electron chi connectivity index (χ4n) is 0.745. The van der Waals surface area contributed by atoms with Gasteiger partial charge in [-0.1, -0.05) is 0 Å². The van der Waals surface area contributed by atoms with Crippen LogP contribution >= 0.6 is 0 Å². The lowest BCUT2D eigenvalue weighted by atomic mass is 10.1. The minimum absolute atomic E-state index is 0.192. The van der Waals surface area contributed by atoms with E-state index in [2.05, 4.69) is 0 Å². The van der Waals surface area contributed by atoms with Gasteiger partial charge in [-0.3, -0.25) is 4.79 Å². The summed E-state index contributed by atoms with van der Waals surface area (Å²) in [6.07, 6.45) is 1.17. The number of ether oxygens (including phenoxy) is 1. The first kappa shape index (κ1) is 12.1. The molecule has 0 aromatic rings. The van der Waals surface area contributed by atoms with Crippen molar-refractivity contribution in [1.82, 2.24) is 0 Å². The lowest BCUT2D eigenvalue weighted by molar-refractivity contribution is -0.154. The van der Waals surface area contributed by atoms with Crippen LogP contribution in [-0.2, 0) is 14.3 Å². The van der Waals surface area contributed by atoms with Crippen molar-refractivity contribution < 1.29 is 14.3 Å². The summed E-state index contributed by atoms with van der Waals surface area (Å²) in [5.41, 5.74) is 4.84. The van der Waals surface area contributed by atoms with Gasteiger partial charge in [0.2, 0.25) is 0 Å². The third-order valence-corrected chi connectivity index (χ3v) is 1.28. The highest BCUT2D eigenvalue weighted by Crippen LogP contribution is 2.09. The highest BCUT2D eigenvalue weighted by molar-refractivity contribution is 5.70. The molecule has 2 N–H and O–H groups in total. The summed E-state index contributed by atoms with van der Waals surface area (Å²) in [7, 11) is 0. The topological polar surface area (TPSA) is 69.4 Å². The smallest absolute Gasteiger partial charge is 0.306 e. The monoisotopic (exact) mass is 187 g/mol. The van der Waals surface area contributed by atoms with E-state index in [9.17, 15) is 9.59 Å². The first-order valence-electron chi connectivity index (χ1n) is 4.28. The Morgan fingerprint density at radius 2 is 2.08 bits per heavy atom. The van der Waals surface area contributed by atoms with Crippen LogP contribution < -0.4 is 5.73 Å². The van der Waals surface area contributed by atoms with E-state index in [1.54, 1.807) is 20.8 Å². The summed E-state index contributed by atoms with van der Waals surface area (Å²) in [4.78, 5) is 21.2. The highest BCUT2D eigenvalue weighted by Gasteiger charge is 2.16. The molecule has 0 spiro atoms. The Labute approximate surface area is 78.4 Å². The van der Waals surface area contributed by atoms with E-state index in [1.165, 1.54) is 0 Å². The van der Waals surface area contributed by atoms with E-state index in [0.29, 0.717) is 12.7 Å². The highest BCUT2D eigenvalue weighted by atomic mass is 16.6. The normalized spacial score (nSPS) is 13.5. The largest absolute Gasteiger partial charge is 0.460 e. The standard InChI is InChI=1S/C9H17NO3/c1-9(2,3)13-8(12)5-4-7(10)6-11/h6-7H,4-5,10H2,1-3H3/t7-/m1/s1. The van der Waals surface area contributed by atoms with Crippen molar-refractivity contribution in [1.29, 1.82) is 0 Å². The van der Waals surface area contributed by atoms with Gasteiger partial charge in [0, 0.05) is 6.42 Å². The molecule has 0 amide bonds. The molecule has 0 radical (unpaired) electrons. The van der Waals surface area contributed by atoms with Gasteiger partial charge in [0.15, 0.2) is 0 Å². The van der Waals surface area contributed by atoms with Crippen molar-refractivity contribution in [3.8, 4) is 0 Å². The number of esters is 1. The predicted molar refractivity (Wildman–Crippen MR) is 49.1 cm³/mol. The summed E-state index contributed by atoms with van der Waals surface area (Å²) in [5.74, 6) is -0.315. The molecular weight excluding hydrogens is 170 g/mol. The Morgan fingerprint density at radius 3 is 2.46 bits per heavy atom. The average molecular weight is 187 g/mol. The number of carbonyl (C=O) groups excluding carboxylic acids is 2. The van der Waals surface area contributed by atoms with Crippen LogP contribution in [-0.4, -0.2) is 23.9 Å². The maximum atomic E-state index is 11.1. The van der Waals surface area contributed by atoms with Gasteiger partial charge < -0.3 is 15.3 Å². The van der Waals surface area contributed by atoms with Gasteiger partial charge in [0.25, 0.3) is 0 Å². The number of hydrogen-bond acceptors (Lipinski definition) is 4. The van der Waals surface area contributed by atoms with Crippen LogP contribution in [0.5, 0.6) is 0 Å². The van der Waals surface area contributed by atoms with E-state index < -0.39 is 11.6 Å². The molecule has 0 aromatic heterocycles. The average Bonchev–Trinajstić information content (AvgIpc) is 1.97. The van der Waals surface area contributed by atoms with E-state index in [0.717, 1.165) is 0 Å². The molecule has 0 unspecified atom stereocenters. The third-order valence-electron chi connectivity index (χ3n) is 1.28. The molecule has 0 aliphatic carbocycles. The zero-order valence-corrected chi connectivity index (χ0v) is 8.37. The fraction of sp³-hybridized carbons (Fsp3) is 0.778. The summed E-state index contributed by atoms with van der Waals surface area (Å²) < 4.78 is 5.02. The summed E-state index contributed by atoms with van der Waals surface area (Å²) in [5, 5.41) is 0. The van der Waals surface area contributed by atoms with Crippen LogP contribution in [0.1, 0.15) is 33.6 Å². The van der Waals surface area contributed by atoms with Crippen molar-refractivity contribution in [2.75, 3.05) is 0 Å². The number of hydrogen-bond donors (Lipinski definition) is 1. The van der Waals surface area contributed by atoms with E-state index in [-0.39, 0.29) is 12.4 Å². The summed E-state index contributed by atoms with van der Waals surface area (Å²) >= 11 is 0. The Bertz CT molecular complexity index is 184. The number of nitrogens with two attached hydrogens (primary N) is 1. The van der Waals surface area contributed by atoms with Crippen molar-refractivity contribution >= 4 is 12.3 Å². The van der Waals surface area contributed by atoms with Crippen LogP contribution in [0.2, 0.25) is 0 Å². The molecule has 1 atom stereocenters. The van der Waals surface area contributed by atoms with Crippen LogP contribution in [0.4, 0.5) is 0 Å². The Morgan fingerprint density at radius 1 is 1.54 bits per heavy atom. The first-order chi connectivity index (χ1) is 5.85. The Balaban J connectivity index is 3.70. The van der Waals surface area contributed by atoms with Gasteiger partial charge in [0.05, 0.1) is 6.04 Å². The Kier molecular flexibility index (Phi) is 4.62. The SMILES string of the molecule is CC(C)(C)OC(=O)CC[C@@H](N)C=O. The maximum Gasteiger partial charge on any atom is 0.306 e. The summed E-state index contributed by atoms with van der Waals surface area (Å²) in [6, 6.07) is -0.562. The molecule has 0 aromatic carbocycles. The van der Waals surface area contributed by atoms with Gasteiger partial charge in [-0.2, -0.15) is 0 Å². The van der Waals surface area contributed by atoms with Gasteiger partial charge in [-0.25, -0.2) is 0 Å². The molecule has 0 saturated heterocycles. The quantitative estimate of drug-likeness (QED) is 0.518. The van der Waals surface area contributed by atoms with Crippen molar-refractivity contribution in [2.45, 2.75) is 45.3 Å². The molecule has 0 aliphatic rings. The number of rotatable bonds is 4. The van der Waals surface area contributed by atoms with Crippen molar-refractivity contribution in [3.63, 3.8) is 0 Å². The van der Waals surface area contributed by atoms with E-state index in [1.807, 2.05) is 0 Å². The van der Waals surface area contributed by atoms with Crippen LogP contribution in [0.3, 0.4) is 0 Å². The van der Waals surface area contributed by atoms with Crippen molar-refractivity contribution in [2.24, 2.45) is 5.73 Å². The lowest BCUT2D eigenvalue weighted by Gasteiger charge is -2.19. The predicted octanol–water partition coefficient (Wildman–Crippen LogP) is 0.634. The molecule has 0 rings (SSSR count). The molecular formula is C9H17NO3. The lowest BCUT2D eigenvalue weighted by Crippen LogP contribution is -2.27. The number of carbonyl (C=O) groups is 2. The van der Waals surface area contributed by atoms with E-state index >= 15 is 0 Å². The molecule has 0 heterocycles. The van der Waals surface area contributed by atoms with Crippen LogP contribution in [0, 0.1) is 0 Å². The fourth-order valence-corrected chi connectivity index (χ4v) is 0.745. The minimum Gasteiger partial charge on any atom is -0.460 e. The van der Waals surface area contributed by atoms with Gasteiger partial charge >= 0.3 is 5.97 Å². The van der Waals surface area contributed by atoms with Crippen LogP contribution in [0.25, 0.3) is 0 Å². The van der Waals surface area contributed by atoms with Crippen molar-refractivity contribution in [3.05, 3.63) is 0 Å². The molecule has 76 valence electrons. The zero-order chi connectivity index (χ0) is 10.5.